The minimum absolute atomic E-state index is 0.292. The maximum Gasteiger partial charge on any atom is 0.255 e. The average molecular weight is 281 g/mol. The number of halogens is 1. The van der Waals surface area contributed by atoms with Gasteiger partial charge in [-0.25, -0.2) is 0 Å². The summed E-state index contributed by atoms with van der Waals surface area (Å²) in [6.07, 6.45) is 0. The van der Waals surface area contributed by atoms with Gasteiger partial charge in [0.15, 0.2) is 5.69 Å². The topological polar surface area (TPSA) is 121 Å². The first kappa shape index (κ1) is 12.9. The Balaban J connectivity index is 2.26. The minimum Gasteiger partial charge on any atom is -0.492 e. The molecule has 0 unspecified atom stereocenters. The molecular formula is C11H9ClN4O3. The second-order valence-electron chi connectivity index (χ2n) is 3.57. The van der Waals surface area contributed by atoms with Gasteiger partial charge in [-0.3, -0.25) is 4.79 Å². The number of benzene rings is 1. The molecule has 5 N–H and O–H groups in total. The van der Waals surface area contributed by atoms with Crippen molar-refractivity contribution in [1.82, 2.24) is 9.97 Å². The van der Waals surface area contributed by atoms with E-state index >= 15 is 0 Å². The molecule has 0 aliphatic rings. The molecule has 98 valence electrons. The van der Waals surface area contributed by atoms with E-state index in [0.717, 1.165) is 0 Å². The number of rotatable bonds is 2. The van der Waals surface area contributed by atoms with Crippen LogP contribution in [0.5, 0.6) is 11.8 Å². The summed E-state index contributed by atoms with van der Waals surface area (Å²) in [6, 6.07) is 6.05. The number of nitrogens with one attached hydrogen (secondary N) is 1. The molecule has 0 saturated heterocycles. The number of amides is 1. The van der Waals surface area contributed by atoms with Crippen molar-refractivity contribution in [3.63, 3.8) is 0 Å². The Morgan fingerprint density at radius 3 is 2.21 bits per heavy atom. The zero-order chi connectivity index (χ0) is 14.0. The Kier molecular flexibility index (Phi) is 3.39. The molecule has 8 heteroatoms. The highest BCUT2D eigenvalue weighted by Gasteiger charge is 2.16. The largest absolute Gasteiger partial charge is 0.492 e. The molecular weight excluding hydrogens is 272 g/mol. The molecule has 2 aromatic rings. The Hall–Kier alpha value is -2.54. The third-order valence-electron chi connectivity index (χ3n) is 2.23. The zero-order valence-electron chi connectivity index (χ0n) is 9.46. The smallest absolute Gasteiger partial charge is 0.255 e. The van der Waals surface area contributed by atoms with Gasteiger partial charge in [0.2, 0.25) is 17.7 Å². The molecule has 0 aliphatic carbocycles. The predicted molar refractivity (Wildman–Crippen MR) is 69.2 cm³/mol. The van der Waals surface area contributed by atoms with Crippen LogP contribution < -0.4 is 11.1 Å². The fourth-order valence-electron chi connectivity index (χ4n) is 1.35. The molecule has 1 amide bonds. The summed E-state index contributed by atoms with van der Waals surface area (Å²) in [5.74, 6) is -2.10. The van der Waals surface area contributed by atoms with Gasteiger partial charge in [-0.1, -0.05) is 11.6 Å². The number of aromatic nitrogens is 2. The number of nitrogen functional groups attached to an aromatic ring is 1. The normalized spacial score (nSPS) is 10.2. The average Bonchev–Trinajstić information content (AvgIpc) is 2.34. The van der Waals surface area contributed by atoms with Crippen molar-refractivity contribution in [2.45, 2.75) is 0 Å². The summed E-state index contributed by atoms with van der Waals surface area (Å²) >= 11 is 5.70. The standard InChI is InChI=1S/C11H9ClN4O3/c12-6-3-1-5(2-4-6)8(17)14-7-9(18)15-11(13)16-10(7)19/h1-4H,(H,14,17)(H4,13,15,16,18,19). The van der Waals surface area contributed by atoms with Crippen molar-refractivity contribution >= 4 is 29.1 Å². The Labute approximate surface area is 112 Å². The van der Waals surface area contributed by atoms with Gasteiger partial charge in [-0.2, -0.15) is 9.97 Å². The van der Waals surface area contributed by atoms with E-state index < -0.39 is 17.7 Å². The quantitative estimate of drug-likeness (QED) is 0.659. The fourth-order valence-corrected chi connectivity index (χ4v) is 1.48. The van der Waals surface area contributed by atoms with Gasteiger partial charge in [0, 0.05) is 10.6 Å². The van der Waals surface area contributed by atoms with Crippen molar-refractivity contribution in [2.75, 3.05) is 11.1 Å². The maximum atomic E-state index is 11.9. The highest BCUT2D eigenvalue weighted by Crippen LogP contribution is 2.30. The molecule has 1 heterocycles. The maximum absolute atomic E-state index is 11.9. The molecule has 0 fully saturated rings. The van der Waals surface area contributed by atoms with Crippen LogP contribution in [0.4, 0.5) is 11.6 Å². The SMILES string of the molecule is Nc1nc(O)c(NC(=O)c2ccc(Cl)cc2)c(O)n1. The molecule has 0 atom stereocenters. The van der Waals surface area contributed by atoms with Crippen LogP contribution in [0.25, 0.3) is 0 Å². The molecule has 0 saturated carbocycles. The van der Waals surface area contributed by atoms with Crippen LogP contribution in [0.1, 0.15) is 10.4 Å². The van der Waals surface area contributed by atoms with E-state index in [4.69, 9.17) is 17.3 Å². The molecule has 0 aliphatic heterocycles. The molecule has 19 heavy (non-hydrogen) atoms. The van der Waals surface area contributed by atoms with Gasteiger partial charge in [0.25, 0.3) is 5.91 Å². The number of carbonyl (C=O) groups is 1. The van der Waals surface area contributed by atoms with Crippen LogP contribution in [0.2, 0.25) is 5.02 Å². The van der Waals surface area contributed by atoms with Crippen LogP contribution in [-0.4, -0.2) is 26.1 Å². The van der Waals surface area contributed by atoms with Crippen molar-refractivity contribution in [3.05, 3.63) is 34.9 Å². The Morgan fingerprint density at radius 1 is 1.16 bits per heavy atom. The third-order valence-corrected chi connectivity index (χ3v) is 2.49. The Morgan fingerprint density at radius 2 is 1.68 bits per heavy atom. The second-order valence-corrected chi connectivity index (χ2v) is 4.00. The summed E-state index contributed by atoms with van der Waals surface area (Å²) in [4.78, 5) is 18.7. The number of hydrogen-bond acceptors (Lipinski definition) is 6. The molecule has 2 rings (SSSR count). The highest BCUT2D eigenvalue weighted by atomic mass is 35.5. The monoisotopic (exact) mass is 280 g/mol. The number of carbonyl (C=O) groups excluding carboxylic acids is 1. The first-order valence-electron chi connectivity index (χ1n) is 5.09. The van der Waals surface area contributed by atoms with E-state index in [2.05, 4.69) is 15.3 Å². The lowest BCUT2D eigenvalue weighted by atomic mass is 10.2. The predicted octanol–water partition coefficient (Wildman–Crippen LogP) is 1.38. The third kappa shape index (κ3) is 2.83. The van der Waals surface area contributed by atoms with Crippen LogP contribution in [-0.2, 0) is 0 Å². The van der Waals surface area contributed by atoms with Crippen molar-refractivity contribution < 1.29 is 15.0 Å². The molecule has 1 aromatic carbocycles. The minimum atomic E-state index is -0.618. The van der Waals surface area contributed by atoms with Gasteiger partial charge in [0.05, 0.1) is 0 Å². The van der Waals surface area contributed by atoms with Gasteiger partial charge >= 0.3 is 0 Å². The van der Waals surface area contributed by atoms with E-state index in [9.17, 15) is 15.0 Å². The van der Waals surface area contributed by atoms with Crippen molar-refractivity contribution in [3.8, 4) is 11.8 Å². The molecule has 0 bridgehead atoms. The van der Waals surface area contributed by atoms with Gasteiger partial charge in [0.1, 0.15) is 0 Å². The Bertz CT molecular complexity index is 607. The summed E-state index contributed by atoms with van der Waals surface area (Å²) in [5, 5.41) is 21.7. The number of hydrogen-bond donors (Lipinski definition) is 4. The molecule has 7 nitrogen and oxygen atoms in total. The fraction of sp³-hybridized carbons (Fsp3) is 0. The lowest BCUT2D eigenvalue weighted by Gasteiger charge is -2.08. The lowest BCUT2D eigenvalue weighted by Crippen LogP contribution is -2.13. The first-order valence-corrected chi connectivity index (χ1v) is 5.47. The summed E-state index contributed by atoms with van der Waals surface area (Å²) in [5.41, 5.74) is 5.20. The molecule has 0 spiro atoms. The van der Waals surface area contributed by atoms with E-state index in [1.807, 2.05) is 0 Å². The van der Waals surface area contributed by atoms with E-state index in [-0.39, 0.29) is 11.6 Å². The lowest BCUT2D eigenvalue weighted by molar-refractivity contribution is 0.102. The first-order chi connectivity index (χ1) is 8.97. The van der Waals surface area contributed by atoms with Gasteiger partial charge in [-0.15, -0.1) is 0 Å². The number of nitrogens with zero attached hydrogens (tertiary/aromatic N) is 2. The van der Waals surface area contributed by atoms with Gasteiger partial charge in [-0.05, 0) is 24.3 Å². The number of nitrogens with two attached hydrogens (primary N) is 1. The van der Waals surface area contributed by atoms with Crippen molar-refractivity contribution in [1.29, 1.82) is 0 Å². The van der Waals surface area contributed by atoms with Crippen LogP contribution in [0, 0.1) is 0 Å². The van der Waals surface area contributed by atoms with Gasteiger partial charge < -0.3 is 21.3 Å². The summed E-state index contributed by atoms with van der Waals surface area (Å²) in [7, 11) is 0. The number of aromatic hydroxyl groups is 2. The van der Waals surface area contributed by atoms with Crippen LogP contribution >= 0.6 is 11.6 Å². The van der Waals surface area contributed by atoms with Crippen molar-refractivity contribution in [2.24, 2.45) is 0 Å². The van der Waals surface area contributed by atoms with E-state index in [1.54, 1.807) is 0 Å². The molecule has 1 aromatic heterocycles. The van der Waals surface area contributed by atoms with E-state index in [0.29, 0.717) is 10.6 Å². The van der Waals surface area contributed by atoms with E-state index in [1.165, 1.54) is 24.3 Å². The number of anilines is 2. The summed E-state index contributed by atoms with van der Waals surface area (Å²) in [6.45, 7) is 0. The highest BCUT2D eigenvalue weighted by molar-refractivity contribution is 6.30. The second kappa shape index (κ2) is 4.99. The van der Waals surface area contributed by atoms with Crippen LogP contribution in [0.15, 0.2) is 24.3 Å². The zero-order valence-corrected chi connectivity index (χ0v) is 10.2. The van der Waals surface area contributed by atoms with Crippen LogP contribution in [0.3, 0.4) is 0 Å². The summed E-state index contributed by atoms with van der Waals surface area (Å²) < 4.78 is 0. The molecule has 0 radical (unpaired) electrons.